The zero-order chi connectivity index (χ0) is 22.6. The molecule has 0 saturated carbocycles. The number of fused-ring (bicyclic) bond motifs is 3. The number of aromatic nitrogens is 6. The van der Waals surface area contributed by atoms with Crippen molar-refractivity contribution in [3.63, 3.8) is 0 Å². The van der Waals surface area contributed by atoms with Crippen LogP contribution in [-0.2, 0) is 11.3 Å². The van der Waals surface area contributed by atoms with Crippen LogP contribution in [0.2, 0.25) is 0 Å². The van der Waals surface area contributed by atoms with Crippen molar-refractivity contribution < 1.29 is 22.3 Å². The van der Waals surface area contributed by atoms with E-state index in [0.29, 0.717) is 41.8 Å². The molecule has 0 amide bonds. The lowest BCUT2D eigenvalue weighted by Gasteiger charge is -2.47. The molecule has 3 aliphatic heterocycles. The quantitative estimate of drug-likeness (QED) is 0.431. The van der Waals surface area contributed by atoms with Gasteiger partial charge in [0.2, 0.25) is 0 Å². The lowest BCUT2D eigenvalue weighted by atomic mass is 9.92. The average Bonchev–Trinajstić information content (AvgIpc) is 3.53. The minimum absolute atomic E-state index is 0.0146. The molecule has 0 aliphatic carbocycles. The number of anilines is 1. The van der Waals surface area contributed by atoms with Gasteiger partial charge in [-0.05, 0) is 12.5 Å². The van der Waals surface area contributed by atoms with Gasteiger partial charge in [-0.1, -0.05) is 11.3 Å². The molecule has 10 nitrogen and oxygen atoms in total. The molecule has 4 aromatic rings. The number of nitrogens with one attached hydrogen (secondary N) is 2. The first-order valence-electron chi connectivity index (χ1n) is 10.2. The number of hydrogen-bond donors (Lipinski definition) is 2. The zero-order valence-corrected chi connectivity index (χ0v) is 17.7. The van der Waals surface area contributed by atoms with E-state index >= 15 is 0 Å². The van der Waals surface area contributed by atoms with Crippen LogP contribution in [0, 0.1) is 0 Å². The second-order valence-corrected chi connectivity index (χ2v) is 8.87. The number of rotatable bonds is 6. The second kappa shape index (κ2) is 7.74. The van der Waals surface area contributed by atoms with E-state index in [-0.39, 0.29) is 22.5 Å². The lowest BCUT2D eigenvalue weighted by Crippen LogP contribution is -2.67. The van der Waals surface area contributed by atoms with Gasteiger partial charge in [-0.3, -0.25) is 0 Å². The summed E-state index contributed by atoms with van der Waals surface area (Å²) in [4.78, 5) is 10.8. The van der Waals surface area contributed by atoms with Gasteiger partial charge >= 0.3 is 6.18 Å². The van der Waals surface area contributed by atoms with Gasteiger partial charge in [0.15, 0.2) is 17.5 Å². The van der Waals surface area contributed by atoms with Gasteiger partial charge < -0.3 is 19.4 Å². The van der Waals surface area contributed by atoms with Crippen LogP contribution in [0.1, 0.15) is 23.9 Å². The molecular weight excluding hydrogens is 461 g/mol. The molecule has 172 valence electrons. The maximum absolute atomic E-state index is 14.1. The molecule has 33 heavy (non-hydrogen) atoms. The van der Waals surface area contributed by atoms with Gasteiger partial charge in [0, 0.05) is 42.3 Å². The number of ether oxygens (including phenoxy) is 1. The molecule has 3 saturated heterocycles. The Hall–Kier alpha value is -3.10. The summed E-state index contributed by atoms with van der Waals surface area (Å²) in [6.45, 7) is 0.896. The van der Waals surface area contributed by atoms with Crippen LogP contribution in [-0.4, -0.2) is 61.9 Å². The SMILES string of the molecule is FC(F)(F)C(OCc1nn[nH]n1)c1ccc(-c2nccs2)c2oc(N3CC4CC(C3)N4)nc12. The summed E-state index contributed by atoms with van der Waals surface area (Å²) >= 11 is 1.37. The molecule has 2 N–H and O–H groups in total. The number of benzene rings is 1. The van der Waals surface area contributed by atoms with Crippen molar-refractivity contribution in [2.75, 3.05) is 18.0 Å². The highest BCUT2D eigenvalue weighted by atomic mass is 32.1. The average molecular weight is 478 g/mol. The predicted molar refractivity (Wildman–Crippen MR) is 110 cm³/mol. The zero-order valence-electron chi connectivity index (χ0n) is 16.9. The molecule has 7 rings (SSSR count). The number of hydrogen-bond acceptors (Lipinski definition) is 10. The third kappa shape index (κ3) is 3.73. The van der Waals surface area contributed by atoms with Gasteiger partial charge in [-0.2, -0.15) is 23.4 Å². The van der Waals surface area contributed by atoms with Crippen molar-refractivity contribution in [2.24, 2.45) is 0 Å². The normalized spacial score (nSPS) is 21.4. The highest BCUT2D eigenvalue weighted by Gasteiger charge is 2.44. The van der Waals surface area contributed by atoms with Crippen molar-refractivity contribution in [1.29, 1.82) is 0 Å². The fraction of sp³-hybridized carbons (Fsp3) is 0.421. The fourth-order valence-electron chi connectivity index (χ4n) is 4.32. The number of oxazole rings is 1. The minimum atomic E-state index is -4.70. The molecule has 3 unspecified atom stereocenters. The van der Waals surface area contributed by atoms with E-state index in [0.717, 1.165) is 6.42 Å². The van der Waals surface area contributed by atoms with E-state index in [9.17, 15) is 13.2 Å². The number of alkyl halides is 3. The summed E-state index contributed by atoms with van der Waals surface area (Å²) in [5, 5.41) is 18.7. The fourth-order valence-corrected chi connectivity index (χ4v) is 4.98. The Balaban J connectivity index is 1.44. The summed E-state index contributed by atoms with van der Waals surface area (Å²) in [6, 6.07) is 3.90. The van der Waals surface area contributed by atoms with Crippen LogP contribution in [0.25, 0.3) is 21.7 Å². The minimum Gasteiger partial charge on any atom is -0.423 e. The van der Waals surface area contributed by atoms with Crippen LogP contribution in [0.4, 0.5) is 19.2 Å². The molecule has 3 aliphatic rings. The Morgan fingerprint density at radius 2 is 2.09 bits per heavy atom. The number of piperazine rings is 1. The van der Waals surface area contributed by atoms with Crippen molar-refractivity contribution in [3.05, 3.63) is 35.1 Å². The van der Waals surface area contributed by atoms with E-state index in [2.05, 4.69) is 35.9 Å². The summed E-state index contributed by atoms with van der Waals surface area (Å²) in [7, 11) is 0. The molecular formula is C19H17F3N8O2S. The van der Waals surface area contributed by atoms with E-state index in [1.165, 1.54) is 17.4 Å². The molecule has 1 aromatic carbocycles. The lowest BCUT2D eigenvalue weighted by molar-refractivity contribution is -0.227. The molecule has 0 spiro atoms. The molecule has 3 atom stereocenters. The van der Waals surface area contributed by atoms with Crippen LogP contribution in [0.3, 0.4) is 0 Å². The molecule has 14 heteroatoms. The largest absolute Gasteiger partial charge is 0.423 e. The maximum Gasteiger partial charge on any atom is 0.418 e. The monoisotopic (exact) mass is 478 g/mol. The van der Waals surface area contributed by atoms with Gasteiger partial charge in [0.25, 0.3) is 6.01 Å². The highest BCUT2D eigenvalue weighted by molar-refractivity contribution is 7.13. The Labute approximate surface area is 188 Å². The molecule has 3 fully saturated rings. The number of H-pyrrole nitrogens is 1. The Morgan fingerprint density at radius 1 is 1.27 bits per heavy atom. The first-order valence-corrected chi connectivity index (χ1v) is 11.1. The number of aromatic amines is 1. The standard InChI is InChI=1S/C19H17F3N8O2S/c20-19(21,22)16(31-8-13-26-28-29-27-13)11-1-2-12(17-23-3-4-33-17)15-14(11)25-18(32-15)30-6-9-5-10(7-30)24-9/h1-4,9-10,16,24H,5-8H2,(H,26,27,28,29). The highest BCUT2D eigenvalue weighted by Crippen LogP contribution is 2.43. The summed E-state index contributed by atoms with van der Waals surface area (Å²) in [6.07, 6.45) is -4.24. The summed E-state index contributed by atoms with van der Waals surface area (Å²) in [5.41, 5.74) is 0.792. The van der Waals surface area contributed by atoms with Crippen molar-refractivity contribution >= 4 is 28.5 Å². The van der Waals surface area contributed by atoms with E-state index in [1.807, 2.05) is 4.90 Å². The van der Waals surface area contributed by atoms with Gasteiger partial charge in [-0.15, -0.1) is 21.5 Å². The molecule has 0 radical (unpaired) electrons. The number of piperidine rings is 1. The van der Waals surface area contributed by atoms with E-state index in [1.54, 1.807) is 17.6 Å². The molecule has 3 aromatic heterocycles. The van der Waals surface area contributed by atoms with Gasteiger partial charge in [-0.25, -0.2) is 4.98 Å². The second-order valence-electron chi connectivity index (χ2n) is 7.98. The predicted octanol–water partition coefficient (Wildman–Crippen LogP) is 2.84. The first-order chi connectivity index (χ1) is 16.0. The third-order valence-corrected chi connectivity index (χ3v) is 6.57. The Morgan fingerprint density at radius 3 is 2.76 bits per heavy atom. The van der Waals surface area contributed by atoms with Crippen LogP contribution in [0.5, 0.6) is 0 Å². The third-order valence-electron chi connectivity index (χ3n) is 5.77. The number of tetrazole rings is 1. The molecule has 6 heterocycles. The smallest absolute Gasteiger partial charge is 0.418 e. The van der Waals surface area contributed by atoms with Gasteiger partial charge in [0.1, 0.15) is 17.1 Å². The Bertz CT molecular complexity index is 1240. The molecule has 2 bridgehead atoms. The topological polar surface area (TPSA) is 118 Å². The van der Waals surface area contributed by atoms with Crippen LogP contribution in [0.15, 0.2) is 28.1 Å². The number of nitrogens with zero attached hydrogens (tertiary/aromatic N) is 6. The maximum atomic E-state index is 14.1. The van der Waals surface area contributed by atoms with Crippen LogP contribution < -0.4 is 10.2 Å². The van der Waals surface area contributed by atoms with Gasteiger partial charge in [0.05, 0.1) is 5.56 Å². The van der Waals surface area contributed by atoms with Crippen molar-refractivity contribution in [1.82, 2.24) is 35.9 Å². The van der Waals surface area contributed by atoms with E-state index in [4.69, 9.17) is 9.15 Å². The summed E-state index contributed by atoms with van der Waals surface area (Å²) in [5.74, 6) is 0.0146. The van der Waals surface area contributed by atoms with Crippen molar-refractivity contribution in [3.8, 4) is 10.6 Å². The number of thiazole rings is 1. The number of halogens is 3. The van der Waals surface area contributed by atoms with Crippen LogP contribution >= 0.6 is 11.3 Å². The van der Waals surface area contributed by atoms with Crippen molar-refractivity contribution in [2.45, 2.75) is 37.4 Å². The summed E-state index contributed by atoms with van der Waals surface area (Å²) < 4.78 is 53.5. The first kappa shape index (κ1) is 20.5. The Kier molecular flexibility index (Phi) is 4.81. The van der Waals surface area contributed by atoms with E-state index < -0.39 is 18.9 Å².